The van der Waals surface area contributed by atoms with Crippen LogP contribution in [0.4, 0.5) is 5.69 Å². The van der Waals surface area contributed by atoms with Crippen molar-refractivity contribution in [1.29, 1.82) is 0 Å². The van der Waals surface area contributed by atoms with Crippen LogP contribution in [0.3, 0.4) is 0 Å². The number of hydrogen-bond donors (Lipinski definition) is 1. The lowest BCUT2D eigenvalue weighted by atomic mass is 10.1. The van der Waals surface area contributed by atoms with Crippen LogP contribution < -0.4 is 5.32 Å². The lowest BCUT2D eigenvalue weighted by Gasteiger charge is -2.07. The van der Waals surface area contributed by atoms with Crippen LogP contribution in [0.25, 0.3) is 0 Å². The minimum Gasteiger partial charge on any atom is -0.321 e. The fraction of sp³-hybridized carbons (Fsp3) is 0.0909. The minimum atomic E-state index is -0.311. The van der Waals surface area contributed by atoms with Gasteiger partial charge in [0.25, 0.3) is 5.91 Å². The number of nitrogens with one attached hydrogen (secondary N) is 1. The molecule has 1 heterocycles. The van der Waals surface area contributed by atoms with Crippen LogP contribution in [0.1, 0.15) is 27.0 Å². The second kappa shape index (κ2) is 4.84. The fourth-order valence-corrected chi connectivity index (χ4v) is 1.76. The van der Waals surface area contributed by atoms with Gasteiger partial charge in [0.15, 0.2) is 5.78 Å². The monoisotopic (exact) mass is 247 g/mol. The predicted molar refractivity (Wildman–Crippen MR) is 64.3 cm³/mol. The number of para-hydroxylation sites is 1. The zero-order valence-electron chi connectivity index (χ0n) is 9.01. The molecule has 0 unspecified atom stereocenters. The van der Waals surface area contributed by atoms with Gasteiger partial charge < -0.3 is 5.32 Å². The third kappa shape index (κ3) is 2.54. The Morgan fingerprint density at radius 1 is 1.29 bits per heavy atom. The Hall–Kier alpha value is -2.08. The molecule has 1 amide bonds. The third-order valence-corrected chi connectivity index (χ3v) is 2.80. The molecular weight excluding hydrogens is 238 g/mol. The number of hydrogen-bond acceptors (Lipinski definition) is 5. The molecule has 0 spiro atoms. The molecule has 17 heavy (non-hydrogen) atoms. The fourth-order valence-electron chi connectivity index (χ4n) is 1.35. The zero-order valence-corrected chi connectivity index (χ0v) is 9.82. The second-order valence-electron chi connectivity index (χ2n) is 3.34. The summed E-state index contributed by atoms with van der Waals surface area (Å²) < 4.78 is 3.61. The topological polar surface area (TPSA) is 72.0 Å². The maximum absolute atomic E-state index is 11.8. The highest BCUT2D eigenvalue weighted by Crippen LogP contribution is 2.17. The van der Waals surface area contributed by atoms with E-state index in [4.69, 9.17) is 0 Å². The quantitative estimate of drug-likeness (QED) is 0.842. The van der Waals surface area contributed by atoms with E-state index in [-0.39, 0.29) is 11.7 Å². The average molecular weight is 247 g/mol. The van der Waals surface area contributed by atoms with Crippen molar-refractivity contribution in [3.05, 3.63) is 40.9 Å². The third-order valence-electron chi connectivity index (χ3n) is 2.14. The molecule has 2 aromatic rings. The van der Waals surface area contributed by atoms with E-state index in [0.717, 1.165) is 11.5 Å². The molecule has 86 valence electrons. The van der Waals surface area contributed by atoms with E-state index in [9.17, 15) is 9.59 Å². The molecule has 2 rings (SSSR count). The lowest BCUT2D eigenvalue weighted by Crippen LogP contribution is -2.12. The molecule has 0 aliphatic rings. The van der Waals surface area contributed by atoms with Gasteiger partial charge in [-0.05, 0) is 30.6 Å². The summed E-state index contributed by atoms with van der Waals surface area (Å²) in [5.41, 5.74) is 0.983. The van der Waals surface area contributed by atoms with Crippen molar-refractivity contribution in [1.82, 2.24) is 9.59 Å². The van der Waals surface area contributed by atoms with Crippen LogP contribution in [0.2, 0.25) is 0 Å². The molecule has 0 bridgehead atoms. The van der Waals surface area contributed by atoms with Gasteiger partial charge in [0.2, 0.25) is 0 Å². The van der Waals surface area contributed by atoms with Gasteiger partial charge in [0, 0.05) is 5.56 Å². The van der Waals surface area contributed by atoms with Crippen molar-refractivity contribution >= 4 is 28.9 Å². The zero-order chi connectivity index (χ0) is 12.3. The first-order valence-electron chi connectivity index (χ1n) is 4.87. The molecule has 0 radical (unpaired) electrons. The molecule has 1 aromatic carbocycles. The molecule has 1 N–H and O–H groups in total. The Kier molecular flexibility index (Phi) is 3.24. The van der Waals surface area contributed by atoms with Gasteiger partial charge in [-0.25, -0.2) is 0 Å². The number of nitrogens with zero attached hydrogens (tertiary/aromatic N) is 2. The summed E-state index contributed by atoms with van der Waals surface area (Å²) in [7, 11) is 0. The van der Waals surface area contributed by atoms with Gasteiger partial charge in [-0.15, -0.1) is 5.10 Å². The number of carbonyl (C=O) groups is 2. The molecule has 0 saturated carbocycles. The summed E-state index contributed by atoms with van der Waals surface area (Å²) in [5.74, 6) is -0.406. The van der Waals surface area contributed by atoms with E-state index < -0.39 is 0 Å². The molecule has 0 aliphatic heterocycles. The summed E-state index contributed by atoms with van der Waals surface area (Å²) >= 11 is 1.01. The first-order chi connectivity index (χ1) is 8.18. The first kappa shape index (κ1) is 11.4. The highest BCUT2D eigenvalue weighted by atomic mass is 32.1. The average Bonchev–Trinajstić information content (AvgIpc) is 2.83. The van der Waals surface area contributed by atoms with Crippen LogP contribution in [0, 0.1) is 0 Å². The van der Waals surface area contributed by atoms with Crippen molar-refractivity contribution in [2.24, 2.45) is 0 Å². The SMILES string of the molecule is CC(=O)c1ccccc1NC(=O)c1cnns1. The van der Waals surface area contributed by atoms with Crippen molar-refractivity contribution < 1.29 is 9.59 Å². The molecule has 0 atom stereocenters. The first-order valence-corrected chi connectivity index (χ1v) is 5.64. The van der Waals surface area contributed by atoms with Gasteiger partial charge in [-0.1, -0.05) is 16.6 Å². The van der Waals surface area contributed by atoms with E-state index >= 15 is 0 Å². The van der Waals surface area contributed by atoms with Gasteiger partial charge in [-0.3, -0.25) is 9.59 Å². The Bertz CT molecular complexity index is 552. The Morgan fingerprint density at radius 2 is 2.06 bits per heavy atom. The smallest absolute Gasteiger partial charge is 0.269 e. The lowest BCUT2D eigenvalue weighted by molar-refractivity contribution is 0.101. The van der Waals surface area contributed by atoms with Crippen LogP contribution in [-0.2, 0) is 0 Å². The van der Waals surface area contributed by atoms with Crippen LogP contribution in [0.15, 0.2) is 30.5 Å². The highest BCUT2D eigenvalue weighted by molar-refractivity contribution is 7.07. The van der Waals surface area contributed by atoms with Gasteiger partial charge in [0.05, 0.1) is 11.9 Å². The summed E-state index contributed by atoms with van der Waals surface area (Å²) in [6, 6.07) is 6.86. The number of ketones is 1. The largest absolute Gasteiger partial charge is 0.321 e. The maximum atomic E-state index is 11.8. The Morgan fingerprint density at radius 3 is 2.71 bits per heavy atom. The summed E-state index contributed by atoms with van der Waals surface area (Å²) in [6.45, 7) is 1.46. The Labute approximate surface area is 102 Å². The molecular formula is C11H9N3O2S. The van der Waals surface area contributed by atoms with Crippen LogP contribution in [0.5, 0.6) is 0 Å². The highest BCUT2D eigenvalue weighted by Gasteiger charge is 2.12. The molecule has 1 aromatic heterocycles. The van der Waals surface area contributed by atoms with Crippen LogP contribution in [-0.4, -0.2) is 21.3 Å². The van der Waals surface area contributed by atoms with Gasteiger partial charge in [-0.2, -0.15) is 0 Å². The van der Waals surface area contributed by atoms with Crippen molar-refractivity contribution in [3.63, 3.8) is 0 Å². The number of anilines is 1. The summed E-state index contributed by atoms with van der Waals surface area (Å²) in [5, 5.41) is 6.25. The predicted octanol–water partition coefficient (Wildman–Crippen LogP) is 1.99. The van der Waals surface area contributed by atoms with E-state index in [1.165, 1.54) is 13.1 Å². The maximum Gasteiger partial charge on any atom is 0.269 e. The number of amides is 1. The van der Waals surface area contributed by atoms with E-state index in [0.29, 0.717) is 16.1 Å². The normalized spacial score (nSPS) is 9.94. The number of benzene rings is 1. The minimum absolute atomic E-state index is 0.0941. The number of carbonyl (C=O) groups excluding carboxylic acids is 2. The molecule has 0 fully saturated rings. The van der Waals surface area contributed by atoms with Gasteiger partial charge >= 0.3 is 0 Å². The van der Waals surface area contributed by atoms with Crippen LogP contribution >= 0.6 is 11.5 Å². The summed E-state index contributed by atoms with van der Waals surface area (Å²) in [6.07, 6.45) is 1.39. The Balaban J connectivity index is 2.25. The molecule has 6 heteroatoms. The molecule has 5 nitrogen and oxygen atoms in total. The number of aromatic nitrogens is 2. The number of Topliss-reactive ketones (excluding diaryl/α,β-unsaturated/α-hetero) is 1. The molecule has 0 aliphatic carbocycles. The van der Waals surface area contributed by atoms with Crippen molar-refractivity contribution in [3.8, 4) is 0 Å². The van der Waals surface area contributed by atoms with Crippen molar-refractivity contribution in [2.45, 2.75) is 6.92 Å². The van der Waals surface area contributed by atoms with E-state index in [1.54, 1.807) is 24.3 Å². The second-order valence-corrected chi connectivity index (χ2v) is 4.12. The van der Waals surface area contributed by atoms with E-state index in [2.05, 4.69) is 14.9 Å². The van der Waals surface area contributed by atoms with Gasteiger partial charge in [0.1, 0.15) is 4.88 Å². The summed E-state index contributed by atoms with van der Waals surface area (Å²) in [4.78, 5) is 23.5. The van der Waals surface area contributed by atoms with E-state index in [1.807, 2.05) is 0 Å². The molecule has 0 saturated heterocycles. The number of rotatable bonds is 3. The standard InChI is InChI=1S/C11H9N3O2S/c1-7(15)8-4-2-3-5-9(8)13-11(16)10-6-12-14-17-10/h2-6H,1H3,(H,13,16). The van der Waals surface area contributed by atoms with Crippen molar-refractivity contribution in [2.75, 3.05) is 5.32 Å².